The lowest BCUT2D eigenvalue weighted by molar-refractivity contribution is -0.137. The molecule has 0 aromatic rings. The standard InChI is InChI=1S/C96H182N26O19/c1-55(2)46-63(102)82(127)108-65(31-20-25-41-98)84(129)110-66(32-21-26-42-99)85(130)116-76(52-61(13)14)95(140)120-74(50-59(9)10)93(138)114-70(37-39-79(104)124)89(134)118-77(53-62(15)16)96(141)121-73(49-58(7)8)92(137)113-69(36-38-78(103)123)88(133)111-67(33-22-27-43-100)86(131)117-75(51-60(11)12)94(139)119-72(48-57(5)6)91(136)112-68(34-23-28-44-101)87(132)115-71(47-56(3)4)90(135)109-64(30-19-24-40-97)83(128)107-54-81(126)106-45-29-17-18-35-80(125)122-105/h55-77H,17-54,97-102,105H2,1-16H3,(H2,103,123)(H2,104,124)(H,106,126)(H,107,128)(H,108,127)(H,109,135)(H,110,129)(H,111,133)(H,112,136)(H,113,137)(H,114,138)(H,115,132)(H,116,130)(H,117,131)(H,118,134)(H,119,139)(H,120,140)(H,121,141)(H,122,125)/t63-,64-,65-,66-,67-,68-,69-,70-,71-,72-,73-,74-,75-,76-,77-/m0/s1. The molecule has 0 bridgehead atoms. The second kappa shape index (κ2) is 73.7. The molecule has 19 amide bonds. The van der Waals surface area contributed by atoms with Crippen molar-refractivity contribution >= 4 is 112 Å². The SMILES string of the molecule is CC(C)C[C@H](NC(=O)[C@H](CCCCN)NC(=O)[C@H](CC(C)C)NC(=O)[C@H](CC(C)C)NC(=O)[C@H](CCCCN)NC(=O)[C@H](CCC(N)=O)NC(=O)[C@H](CC(C)C)NC(=O)[C@H](CC(C)C)NC(=O)[C@H](CCC(N)=O)NC(=O)[C@H](CC(C)C)NC(=O)[C@H](CC(C)C)NC(=O)[C@H](CCCCN)NC(=O)[C@H](CCCCN)NC(=O)[C@@H](N)CC(C)C)C(=O)N[C@@H](CCCCN)C(=O)NCC(=O)NCCCCCC(=O)NN. The Kier molecular flexibility index (Phi) is 68.3. The molecule has 0 saturated carbocycles. The van der Waals surface area contributed by atoms with Gasteiger partial charge in [0.25, 0.3) is 0 Å². The molecule has 0 aromatic heterocycles. The van der Waals surface area contributed by atoms with E-state index in [0.717, 1.165) is 0 Å². The summed E-state index contributed by atoms with van der Waals surface area (Å²) in [5, 5.41) is 43.6. The highest BCUT2D eigenvalue weighted by atomic mass is 16.2. The summed E-state index contributed by atoms with van der Waals surface area (Å²) in [4.78, 5) is 267. The van der Waals surface area contributed by atoms with Gasteiger partial charge in [-0.05, 0) is 253 Å². The van der Waals surface area contributed by atoms with Crippen LogP contribution >= 0.6 is 0 Å². The number of hydrazine groups is 1. The van der Waals surface area contributed by atoms with Crippen molar-refractivity contribution in [1.29, 1.82) is 0 Å². The first-order valence-corrected chi connectivity index (χ1v) is 51.0. The molecule has 0 fully saturated rings. The molecular formula is C96H182N26O19. The number of unbranched alkanes of at least 4 members (excludes halogenated alkanes) is 7. The van der Waals surface area contributed by atoms with Crippen LogP contribution in [-0.4, -0.2) is 249 Å². The zero-order valence-corrected chi connectivity index (χ0v) is 87.1. The van der Waals surface area contributed by atoms with Crippen molar-refractivity contribution in [1.82, 2.24) is 90.5 Å². The summed E-state index contributed by atoms with van der Waals surface area (Å²) < 4.78 is 0. The van der Waals surface area contributed by atoms with Gasteiger partial charge in [0.1, 0.15) is 84.6 Å². The molecular weight excluding hydrogens is 1820 g/mol. The van der Waals surface area contributed by atoms with Crippen LogP contribution in [0.15, 0.2) is 0 Å². The monoisotopic (exact) mass is 2000 g/mol. The summed E-state index contributed by atoms with van der Waals surface area (Å²) in [5.41, 5.74) is 48.8. The Hall–Kier alpha value is -10.3. The lowest BCUT2D eigenvalue weighted by Crippen LogP contribution is -2.61. The fourth-order valence-corrected chi connectivity index (χ4v) is 15.5. The van der Waals surface area contributed by atoms with E-state index in [-0.39, 0.29) is 169 Å². The van der Waals surface area contributed by atoms with Crippen LogP contribution in [0.3, 0.4) is 0 Å². The third kappa shape index (κ3) is 59.4. The number of hydrogen-bond acceptors (Lipinski definition) is 26. The Labute approximate surface area is 835 Å². The third-order valence-corrected chi connectivity index (χ3v) is 23.0. The van der Waals surface area contributed by atoms with Gasteiger partial charge in [-0.25, -0.2) is 5.84 Å². The minimum Gasteiger partial charge on any atom is -0.370 e. The van der Waals surface area contributed by atoms with Gasteiger partial charge in [0, 0.05) is 25.8 Å². The van der Waals surface area contributed by atoms with Crippen molar-refractivity contribution in [2.75, 3.05) is 45.8 Å². The van der Waals surface area contributed by atoms with Crippen LogP contribution in [-0.2, 0) is 91.1 Å². The van der Waals surface area contributed by atoms with Gasteiger partial charge in [-0.1, -0.05) is 117 Å². The third-order valence-electron chi connectivity index (χ3n) is 23.0. The maximum atomic E-state index is 14.9. The van der Waals surface area contributed by atoms with Gasteiger partial charge in [0.05, 0.1) is 12.6 Å². The van der Waals surface area contributed by atoms with Crippen LogP contribution in [0.25, 0.3) is 0 Å². The number of carbonyl (C=O) groups excluding carboxylic acids is 19. The fraction of sp³-hybridized carbons (Fsp3) is 0.802. The van der Waals surface area contributed by atoms with Gasteiger partial charge in [0.15, 0.2) is 0 Å². The summed E-state index contributed by atoms with van der Waals surface area (Å²) in [5.74, 6) is -11.5. The minimum atomic E-state index is -1.64. The maximum Gasteiger partial charge on any atom is 0.243 e. The summed E-state index contributed by atoms with van der Waals surface area (Å²) in [6, 6.07) is -20.0. The van der Waals surface area contributed by atoms with Crippen LogP contribution in [0.5, 0.6) is 0 Å². The predicted octanol–water partition coefficient (Wildman–Crippen LogP) is -1.57. The highest BCUT2D eigenvalue weighted by Gasteiger charge is 2.40. The molecule has 45 nitrogen and oxygen atoms in total. The first-order valence-electron chi connectivity index (χ1n) is 51.0. The Morgan fingerprint density at radius 3 is 0.610 bits per heavy atom. The molecule has 0 aliphatic rings. The molecule has 0 aromatic carbocycles. The van der Waals surface area contributed by atoms with Crippen molar-refractivity contribution in [3.63, 3.8) is 0 Å². The fourth-order valence-electron chi connectivity index (χ4n) is 15.5. The molecule has 0 saturated heterocycles. The molecule has 141 heavy (non-hydrogen) atoms. The van der Waals surface area contributed by atoms with Crippen molar-refractivity contribution in [3.05, 3.63) is 0 Å². The van der Waals surface area contributed by atoms with Crippen molar-refractivity contribution in [3.8, 4) is 0 Å². The zero-order chi connectivity index (χ0) is 107. The van der Waals surface area contributed by atoms with E-state index in [2.05, 4.69) is 90.5 Å². The summed E-state index contributed by atoms with van der Waals surface area (Å²) >= 11 is 0. The Bertz CT molecular complexity index is 3840. The van der Waals surface area contributed by atoms with Gasteiger partial charge < -0.3 is 131 Å². The van der Waals surface area contributed by atoms with E-state index in [1.54, 1.807) is 83.1 Å². The maximum absolute atomic E-state index is 14.9. The van der Waals surface area contributed by atoms with E-state index in [0.29, 0.717) is 96.6 Å². The average Bonchev–Trinajstić information content (AvgIpc) is 0.694. The normalized spacial score (nSPS) is 14.7. The summed E-state index contributed by atoms with van der Waals surface area (Å²) in [6.45, 7) is 29.8. The highest BCUT2D eigenvalue weighted by Crippen LogP contribution is 2.20. The second-order valence-corrected chi connectivity index (χ2v) is 40.4. The summed E-state index contributed by atoms with van der Waals surface area (Å²) in [7, 11) is 0. The molecule has 35 N–H and O–H groups in total. The minimum absolute atomic E-state index is 0.0131. The van der Waals surface area contributed by atoms with Gasteiger partial charge in [0.2, 0.25) is 112 Å². The molecule has 45 heteroatoms. The van der Waals surface area contributed by atoms with Crippen LogP contribution in [0.2, 0.25) is 0 Å². The van der Waals surface area contributed by atoms with Gasteiger partial charge >= 0.3 is 0 Å². The highest BCUT2D eigenvalue weighted by molar-refractivity contribution is 6.01. The Balaban J connectivity index is 7.45. The molecule has 0 spiro atoms. The van der Waals surface area contributed by atoms with Crippen LogP contribution in [0.1, 0.15) is 310 Å². The molecule has 0 rings (SSSR count). The van der Waals surface area contributed by atoms with Crippen molar-refractivity contribution in [2.45, 2.75) is 400 Å². The number of amides is 19. The van der Waals surface area contributed by atoms with Crippen molar-refractivity contribution in [2.24, 2.45) is 99.1 Å². The smallest absolute Gasteiger partial charge is 0.243 e. The van der Waals surface area contributed by atoms with E-state index < -0.39 is 229 Å². The van der Waals surface area contributed by atoms with E-state index in [1.165, 1.54) is 0 Å². The molecule has 0 radical (unpaired) electrons. The lowest BCUT2D eigenvalue weighted by atomic mass is 9.98. The molecule has 15 atom stereocenters. The van der Waals surface area contributed by atoms with Crippen LogP contribution < -0.4 is 142 Å². The van der Waals surface area contributed by atoms with Gasteiger partial charge in [-0.2, -0.15) is 0 Å². The van der Waals surface area contributed by atoms with Crippen LogP contribution in [0.4, 0.5) is 0 Å². The number of carbonyl (C=O) groups is 19. The second-order valence-electron chi connectivity index (χ2n) is 40.4. The summed E-state index contributed by atoms with van der Waals surface area (Å²) in [6.07, 6.45) is 4.88. The number of rotatable bonds is 79. The largest absolute Gasteiger partial charge is 0.370 e. The number of primary amides is 2. The Morgan fingerprint density at radius 2 is 0.404 bits per heavy atom. The first-order chi connectivity index (χ1) is 66.4. The van der Waals surface area contributed by atoms with Gasteiger partial charge in [-0.3, -0.25) is 96.5 Å². The van der Waals surface area contributed by atoms with E-state index in [1.807, 2.05) is 27.7 Å². The molecule has 0 unspecified atom stereocenters. The average molecular weight is 2000 g/mol. The number of nitrogens with one attached hydrogen (secondary N) is 17. The molecule has 810 valence electrons. The predicted molar refractivity (Wildman–Crippen MR) is 539 cm³/mol. The van der Waals surface area contributed by atoms with Gasteiger partial charge in [-0.15, -0.1) is 0 Å². The van der Waals surface area contributed by atoms with E-state index >= 15 is 0 Å². The van der Waals surface area contributed by atoms with Crippen molar-refractivity contribution < 1.29 is 91.1 Å². The quantitative estimate of drug-likeness (QED) is 0.0142. The zero-order valence-electron chi connectivity index (χ0n) is 87.1. The topological polar surface area (TPSA) is 763 Å². The van der Waals surface area contributed by atoms with E-state index in [4.69, 9.17) is 51.7 Å². The molecule has 0 aliphatic heterocycles. The molecule has 0 aliphatic carbocycles. The number of nitrogens with two attached hydrogens (primary N) is 9. The first kappa shape index (κ1) is 131. The number of hydrogen-bond donors (Lipinski definition) is 26. The van der Waals surface area contributed by atoms with Crippen LogP contribution in [0, 0.1) is 47.3 Å². The lowest BCUT2D eigenvalue weighted by Gasteiger charge is -2.30. The molecule has 0 heterocycles. The Morgan fingerprint density at radius 1 is 0.206 bits per heavy atom. The van der Waals surface area contributed by atoms with E-state index in [9.17, 15) is 91.1 Å².